The van der Waals surface area contributed by atoms with Gasteiger partial charge in [0, 0.05) is 29.9 Å². The summed E-state index contributed by atoms with van der Waals surface area (Å²) in [6.45, 7) is 0.533. The van der Waals surface area contributed by atoms with Gasteiger partial charge in [0.2, 0.25) is 5.91 Å². The normalized spacial score (nSPS) is 16.3. The van der Waals surface area contributed by atoms with Gasteiger partial charge >= 0.3 is 0 Å². The largest absolute Gasteiger partial charge is 0.493 e. The molecule has 8 heteroatoms. The van der Waals surface area contributed by atoms with Gasteiger partial charge in [-0.05, 0) is 54.8 Å². The highest BCUT2D eigenvalue weighted by atomic mass is 16.5. The monoisotopic (exact) mass is 463 g/mol. The number of carbonyl (C=O) groups is 1. The Morgan fingerprint density at radius 2 is 2.00 bits per heavy atom. The average molecular weight is 463 g/mol. The SMILES string of the molecule is N#Cc1ccc(-c2c[nH]c(C3COc4ccc(Oc5ccnc6c5CCC(=O)N6)cc4C3)n2)cc1. The van der Waals surface area contributed by atoms with Crippen LogP contribution in [0.4, 0.5) is 5.82 Å². The van der Waals surface area contributed by atoms with Gasteiger partial charge in [-0.15, -0.1) is 0 Å². The fourth-order valence-corrected chi connectivity index (χ4v) is 4.50. The van der Waals surface area contributed by atoms with E-state index in [2.05, 4.69) is 21.4 Å². The van der Waals surface area contributed by atoms with Gasteiger partial charge in [0.1, 0.15) is 28.9 Å². The Balaban J connectivity index is 1.21. The van der Waals surface area contributed by atoms with Gasteiger partial charge in [0.15, 0.2) is 0 Å². The lowest BCUT2D eigenvalue weighted by atomic mass is 9.96. The summed E-state index contributed by atoms with van der Waals surface area (Å²) in [5.41, 5.74) is 4.37. The number of carbonyl (C=O) groups excluding carboxylic acids is 1. The van der Waals surface area contributed by atoms with E-state index in [9.17, 15) is 4.79 Å². The number of aromatic nitrogens is 3. The van der Waals surface area contributed by atoms with Gasteiger partial charge in [-0.2, -0.15) is 5.26 Å². The quantitative estimate of drug-likeness (QED) is 0.452. The zero-order chi connectivity index (χ0) is 23.8. The third kappa shape index (κ3) is 4.08. The molecule has 0 fully saturated rings. The predicted octanol–water partition coefficient (Wildman–Crippen LogP) is 4.74. The fourth-order valence-electron chi connectivity index (χ4n) is 4.50. The third-order valence-corrected chi connectivity index (χ3v) is 6.33. The third-order valence-electron chi connectivity index (χ3n) is 6.33. The number of H-pyrrole nitrogens is 1. The van der Waals surface area contributed by atoms with Crippen molar-refractivity contribution in [2.24, 2.45) is 0 Å². The van der Waals surface area contributed by atoms with Crippen LogP contribution in [0, 0.1) is 11.3 Å². The van der Waals surface area contributed by atoms with Crippen LogP contribution >= 0.6 is 0 Å². The molecule has 4 aromatic rings. The number of nitriles is 1. The minimum atomic E-state index is -0.0283. The summed E-state index contributed by atoms with van der Waals surface area (Å²) in [7, 11) is 0. The standard InChI is InChI=1S/C27H21N5O3/c28-13-16-1-3-17(4-2-16)22-14-30-26(31-22)19-11-18-12-20(5-7-23(18)34-15-19)35-24-9-10-29-27-21(24)6-8-25(33)32-27/h1-5,7,9-10,12,14,19H,6,8,11,15H2,(H,30,31)(H,29,32,33). The molecule has 35 heavy (non-hydrogen) atoms. The number of rotatable bonds is 4. The van der Waals surface area contributed by atoms with E-state index in [1.165, 1.54) is 0 Å². The number of fused-ring (bicyclic) bond motifs is 2. The maximum Gasteiger partial charge on any atom is 0.225 e. The molecule has 0 saturated heterocycles. The van der Waals surface area contributed by atoms with Gasteiger partial charge in [-0.25, -0.2) is 9.97 Å². The van der Waals surface area contributed by atoms with E-state index < -0.39 is 0 Å². The number of nitrogens with zero attached hydrogens (tertiary/aromatic N) is 3. The first kappa shape index (κ1) is 20.9. The molecule has 2 N–H and O–H groups in total. The second kappa shape index (κ2) is 8.61. The van der Waals surface area contributed by atoms with Crippen LogP contribution in [0.25, 0.3) is 11.3 Å². The Morgan fingerprint density at radius 3 is 2.86 bits per heavy atom. The minimum absolute atomic E-state index is 0.0283. The highest BCUT2D eigenvalue weighted by Gasteiger charge is 2.25. The van der Waals surface area contributed by atoms with Crippen LogP contribution in [-0.2, 0) is 17.6 Å². The molecule has 6 rings (SSSR count). The number of amides is 1. The van der Waals surface area contributed by atoms with Crippen molar-refractivity contribution < 1.29 is 14.3 Å². The lowest BCUT2D eigenvalue weighted by molar-refractivity contribution is -0.116. The zero-order valence-electron chi connectivity index (χ0n) is 18.7. The first-order valence-corrected chi connectivity index (χ1v) is 11.4. The molecule has 0 radical (unpaired) electrons. The molecule has 0 spiro atoms. The number of benzene rings is 2. The molecule has 0 saturated carbocycles. The van der Waals surface area contributed by atoms with Gasteiger partial charge in [-0.1, -0.05) is 12.1 Å². The number of pyridine rings is 1. The van der Waals surface area contributed by atoms with E-state index in [-0.39, 0.29) is 11.8 Å². The molecule has 1 unspecified atom stereocenters. The topological polar surface area (TPSA) is 113 Å². The molecule has 172 valence electrons. The lowest BCUT2D eigenvalue weighted by Gasteiger charge is -2.25. The Kier molecular flexibility index (Phi) is 5.15. The number of imidazole rings is 1. The van der Waals surface area contributed by atoms with E-state index in [1.807, 2.05) is 42.6 Å². The minimum Gasteiger partial charge on any atom is -0.493 e. The van der Waals surface area contributed by atoms with Crippen molar-refractivity contribution in [1.29, 1.82) is 5.26 Å². The summed E-state index contributed by atoms with van der Waals surface area (Å²) >= 11 is 0. The maximum atomic E-state index is 11.7. The molecular formula is C27H21N5O3. The van der Waals surface area contributed by atoms with Crippen LogP contribution in [-0.4, -0.2) is 27.5 Å². The fraction of sp³-hybridized carbons (Fsp3) is 0.185. The molecule has 2 aromatic carbocycles. The van der Waals surface area contributed by atoms with E-state index >= 15 is 0 Å². The summed E-state index contributed by atoms with van der Waals surface area (Å²) in [5, 5.41) is 11.8. The molecular weight excluding hydrogens is 442 g/mol. The second-order valence-corrected chi connectivity index (χ2v) is 8.63. The van der Waals surface area contributed by atoms with Crippen molar-refractivity contribution in [2.45, 2.75) is 25.2 Å². The van der Waals surface area contributed by atoms with Gasteiger partial charge in [0.05, 0.1) is 29.9 Å². The second-order valence-electron chi connectivity index (χ2n) is 8.63. The van der Waals surface area contributed by atoms with Crippen molar-refractivity contribution in [1.82, 2.24) is 15.0 Å². The Hall–Kier alpha value is -4.64. The molecule has 0 aliphatic carbocycles. The van der Waals surface area contributed by atoms with Crippen molar-refractivity contribution in [2.75, 3.05) is 11.9 Å². The van der Waals surface area contributed by atoms with E-state index in [4.69, 9.17) is 19.7 Å². The molecule has 4 heterocycles. The van der Waals surface area contributed by atoms with E-state index in [0.717, 1.165) is 40.4 Å². The summed E-state index contributed by atoms with van der Waals surface area (Å²) in [6.07, 6.45) is 5.30. The van der Waals surface area contributed by atoms with Crippen LogP contribution in [0.15, 0.2) is 60.9 Å². The van der Waals surface area contributed by atoms with Crippen LogP contribution in [0.3, 0.4) is 0 Å². The number of hydrogen-bond donors (Lipinski definition) is 2. The number of aromatic amines is 1. The highest BCUT2D eigenvalue weighted by molar-refractivity contribution is 5.93. The molecule has 8 nitrogen and oxygen atoms in total. The Morgan fingerprint density at radius 1 is 1.11 bits per heavy atom. The predicted molar refractivity (Wildman–Crippen MR) is 128 cm³/mol. The Labute approximate surface area is 201 Å². The van der Waals surface area contributed by atoms with Crippen LogP contribution in [0.1, 0.15) is 34.9 Å². The van der Waals surface area contributed by atoms with Crippen LogP contribution < -0.4 is 14.8 Å². The van der Waals surface area contributed by atoms with Crippen LogP contribution in [0.2, 0.25) is 0 Å². The summed E-state index contributed by atoms with van der Waals surface area (Å²) in [5.74, 6) is 3.72. The summed E-state index contributed by atoms with van der Waals surface area (Å²) in [4.78, 5) is 24.0. The zero-order valence-corrected chi connectivity index (χ0v) is 18.7. The van der Waals surface area contributed by atoms with Crippen molar-refractivity contribution in [3.05, 3.63) is 83.4 Å². The number of ether oxygens (including phenoxy) is 2. The molecule has 2 aliphatic heterocycles. The van der Waals surface area contributed by atoms with Gasteiger partial charge in [-0.3, -0.25) is 4.79 Å². The highest BCUT2D eigenvalue weighted by Crippen LogP contribution is 2.37. The van der Waals surface area contributed by atoms with Crippen LogP contribution in [0.5, 0.6) is 17.2 Å². The average Bonchev–Trinajstić information content (AvgIpc) is 3.39. The van der Waals surface area contributed by atoms with Crippen molar-refractivity contribution >= 4 is 11.7 Å². The lowest BCUT2D eigenvalue weighted by Crippen LogP contribution is -2.20. The molecule has 0 bridgehead atoms. The first-order chi connectivity index (χ1) is 17.2. The molecule has 2 aliphatic rings. The van der Waals surface area contributed by atoms with E-state index in [1.54, 1.807) is 18.3 Å². The van der Waals surface area contributed by atoms with Gasteiger partial charge in [0.25, 0.3) is 0 Å². The summed E-state index contributed by atoms with van der Waals surface area (Å²) in [6, 6.07) is 17.2. The molecule has 1 amide bonds. The van der Waals surface area contributed by atoms with Crippen molar-refractivity contribution in [3.63, 3.8) is 0 Å². The first-order valence-electron chi connectivity index (χ1n) is 11.4. The van der Waals surface area contributed by atoms with Gasteiger partial charge < -0.3 is 19.8 Å². The van der Waals surface area contributed by atoms with Crippen molar-refractivity contribution in [3.8, 4) is 34.6 Å². The Bertz CT molecular complexity index is 1470. The smallest absolute Gasteiger partial charge is 0.225 e. The molecule has 2 aromatic heterocycles. The number of anilines is 1. The number of hydrogen-bond acceptors (Lipinski definition) is 6. The number of nitrogens with one attached hydrogen (secondary N) is 2. The summed E-state index contributed by atoms with van der Waals surface area (Å²) < 4.78 is 12.2. The maximum absolute atomic E-state index is 11.7. The van der Waals surface area contributed by atoms with E-state index in [0.29, 0.717) is 42.3 Å². The molecule has 1 atom stereocenters.